The monoisotopic (exact) mass is 328 g/mol. The first-order valence-corrected chi connectivity index (χ1v) is 8.45. The van der Waals surface area contributed by atoms with Gasteiger partial charge in [-0.25, -0.2) is 9.67 Å². The van der Waals surface area contributed by atoms with E-state index in [1.54, 1.807) is 17.5 Å². The molecule has 23 heavy (non-hydrogen) atoms. The Balaban J connectivity index is 1.90. The summed E-state index contributed by atoms with van der Waals surface area (Å²) in [5.74, 6) is -0.0881. The number of hydrogen-bond acceptors (Lipinski definition) is 4. The van der Waals surface area contributed by atoms with Crippen LogP contribution in [0.5, 0.6) is 0 Å². The number of fused-ring (bicyclic) bond motifs is 1. The highest BCUT2D eigenvalue weighted by molar-refractivity contribution is 7.11. The van der Waals surface area contributed by atoms with E-state index in [4.69, 9.17) is 0 Å². The lowest BCUT2D eigenvalue weighted by Crippen LogP contribution is -2.22. The van der Waals surface area contributed by atoms with Crippen molar-refractivity contribution in [2.24, 2.45) is 0 Å². The summed E-state index contributed by atoms with van der Waals surface area (Å²) >= 11 is 1.70. The van der Waals surface area contributed by atoms with E-state index < -0.39 is 0 Å². The second kappa shape index (κ2) is 6.12. The molecule has 1 amide bonds. The first kappa shape index (κ1) is 15.7. The summed E-state index contributed by atoms with van der Waals surface area (Å²) in [6.07, 6.45) is 1.73. The Morgan fingerprint density at radius 1 is 1.35 bits per heavy atom. The minimum absolute atomic E-state index is 0.0881. The van der Waals surface area contributed by atoms with Crippen molar-refractivity contribution >= 4 is 28.3 Å². The molecule has 3 aromatic rings. The number of hydrogen-bond donors (Lipinski definition) is 1. The fourth-order valence-electron chi connectivity index (χ4n) is 2.55. The summed E-state index contributed by atoms with van der Waals surface area (Å²) in [6.45, 7) is 8.60. The highest BCUT2D eigenvalue weighted by Crippen LogP contribution is 2.21. The normalized spacial score (nSPS) is 11.3. The minimum Gasteiger partial charge on any atom is -0.347 e. The van der Waals surface area contributed by atoms with Crippen LogP contribution in [0.3, 0.4) is 0 Å². The molecule has 6 heteroatoms. The van der Waals surface area contributed by atoms with E-state index in [0.717, 1.165) is 21.6 Å². The van der Waals surface area contributed by atoms with Crippen LogP contribution in [0.25, 0.3) is 11.0 Å². The maximum Gasteiger partial charge on any atom is 0.252 e. The van der Waals surface area contributed by atoms with Gasteiger partial charge in [0.05, 0.1) is 23.7 Å². The third-order valence-corrected chi connectivity index (χ3v) is 4.65. The number of carbonyl (C=O) groups is 1. The maximum atomic E-state index is 12.6. The zero-order chi connectivity index (χ0) is 16.6. The van der Waals surface area contributed by atoms with E-state index in [9.17, 15) is 4.79 Å². The Bertz CT molecular complexity index is 863. The molecule has 0 aliphatic carbocycles. The molecule has 0 spiro atoms. The van der Waals surface area contributed by atoms with Gasteiger partial charge in [-0.15, -0.1) is 11.3 Å². The number of nitrogens with zero attached hydrogens (tertiary/aromatic N) is 3. The van der Waals surface area contributed by atoms with Crippen molar-refractivity contribution in [1.82, 2.24) is 20.1 Å². The molecule has 0 saturated heterocycles. The molecule has 3 heterocycles. The van der Waals surface area contributed by atoms with Crippen LogP contribution in [0.2, 0.25) is 0 Å². The largest absolute Gasteiger partial charge is 0.347 e. The number of thiophene rings is 1. The quantitative estimate of drug-likeness (QED) is 0.796. The molecule has 0 radical (unpaired) electrons. The summed E-state index contributed by atoms with van der Waals surface area (Å²) in [7, 11) is 0. The predicted molar refractivity (Wildman–Crippen MR) is 92.9 cm³/mol. The fourth-order valence-corrected chi connectivity index (χ4v) is 3.38. The van der Waals surface area contributed by atoms with E-state index in [1.807, 2.05) is 23.7 Å². The second-order valence-electron chi connectivity index (χ2n) is 5.93. The van der Waals surface area contributed by atoms with E-state index in [-0.39, 0.29) is 11.9 Å². The van der Waals surface area contributed by atoms with E-state index in [1.165, 1.54) is 4.88 Å². The molecule has 0 bridgehead atoms. The highest BCUT2D eigenvalue weighted by atomic mass is 32.1. The van der Waals surface area contributed by atoms with Gasteiger partial charge in [-0.2, -0.15) is 5.10 Å². The summed E-state index contributed by atoms with van der Waals surface area (Å²) in [6, 6.07) is 6.13. The Labute approximate surface area is 139 Å². The molecular formula is C17H20N4OS. The minimum atomic E-state index is -0.0881. The number of amides is 1. The SMILES string of the molecule is Cc1cc(C(=O)NCc2ccc(C)s2)c2cnn(C(C)C)c2n1. The van der Waals surface area contributed by atoms with Gasteiger partial charge in [0, 0.05) is 21.5 Å². The third kappa shape index (κ3) is 3.12. The molecule has 1 N–H and O–H groups in total. The van der Waals surface area contributed by atoms with Gasteiger partial charge in [0.2, 0.25) is 0 Å². The molecule has 3 rings (SSSR count). The molecule has 0 aliphatic rings. The number of pyridine rings is 1. The summed E-state index contributed by atoms with van der Waals surface area (Å²) in [5, 5.41) is 8.17. The molecule has 3 aromatic heterocycles. The van der Waals surface area contributed by atoms with E-state index in [2.05, 4.69) is 42.2 Å². The average molecular weight is 328 g/mol. The summed E-state index contributed by atoms with van der Waals surface area (Å²) in [4.78, 5) is 19.5. The van der Waals surface area contributed by atoms with Gasteiger partial charge >= 0.3 is 0 Å². The molecule has 0 unspecified atom stereocenters. The third-order valence-electron chi connectivity index (χ3n) is 3.65. The van der Waals surface area contributed by atoms with Crippen molar-refractivity contribution in [1.29, 1.82) is 0 Å². The van der Waals surface area contributed by atoms with Crippen LogP contribution in [0.15, 0.2) is 24.4 Å². The van der Waals surface area contributed by atoms with Crippen molar-refractivity contribution < 1.29 is 4.79 Å². The Morgan fingerprint density at radius 3 is 2.78 bits per heavy atom. The molecule has 0 aromatic carbocycles. The van der Waals surface area contributed by atoms with Gasteiger partial charge in [-0.05, 0) is 45.9 Å². The van der Waals surface area contributed by atoms with Gasteiger partial charge < -0.3 is 5.32 Å². The Morgan fingerprint density at radius 2 is 2.13 bits per heavy atom. The maximum absolute atomic E-state index is 12.6. The van der Waals surface area contributed by atoms with Gasteiger partial charge in [0.1, 0.15) is 0 Å². The van der Waals surface area contributed by atoms with Crippen LogP contribution in [0.4, 0.5) is 0 Å². The molecule has 5 nitrogen and oxygen atoms in total. The van der Waals surface area contributed by atoms with Crippen molar-refractivity contribution in [3.63, 3.8) is 0 Å². The lowest BCUT2D eigenvalue weighted by atomic mass is 10.1. The summed E-state index contributed by atoms with van der Waals surface area (Å²) in [5.41, 5.74) is 2.21. The standard InChI is InChI=1S/C17H20N4OS/c1-10(2)21-16-15(9-19-21)14(7-11(3)20-16)17(22)18-8-13-6-5-12(4)23-13/h5-7,9-10H,8H2,1-4H3,(H,18,22). The number of carbonyl (C=O) groups excluding carboxylic acids is 1. The smallest absolute Gasteiger partial charge is 0.252 e. The Hall–Kier alpha value is -2.21. The van der Waals surface area contributed by atoms with E-state index in [0.29, 0.717) is 12.1 Å². The van der Waals surface area contributed by atoms with Crippen molar-refractivity contribution in [3.8, 4) is 0 Å². The van der Waals surface area contributed by atoms with Gasteiger partial charge in [0.25, 0.3) is 5.91 Å². The highest BCUT2D eigenvalue weighted by Gasteiger charge is 2.16. The molecule has 0 fully saturated rings. The van der Waals surface area contributed by atoms with Crippen molar-refractivity contribution in [3.05, 3.63) is 45.4 Å². The van der Waals surface area contributed by atoms with Crippen LogP contribution >= 0.6 is 11.3 Å². The summed E-state index contributed by atoms with van der Waals surface area (Å²) < 4.78 is 1.85. The first-order valence-electron chi connectivity index (χ1n) is 7.64. The first-order chi connectivity index (χ1) is 11.0. The lowest BCUT2D eigenvalue weighted by molar-refractivity contribution is 0.0953. The number of aromatic nitrogens is 3. The number of nitrogens with one attached hydrogen (secondary N) is 1. The zero-order valence-corrected chi connectivity index (χ0v) is 14.6. The van der Waals surface area contributed by atoms with Crippen LogP contribution < -0.4 is 5.32 Å². The molecule has 120 valence electrons. The van der Waals surface area contributed by atoms with E-state index >= 15 is 0 Å². The Kier molecular flexibility index (Phi) is 4.17. The van der Waals surface area contributed by atoms with Crippen LogP contribution in [0, 0.1) is 13.8 Å². The number of rotatable bonds is 4. The van der Waals surface area contributed by atoms with Gasteiger partial charge in [0.15, 0.2) is 5.65 Å². The second-order valence-corrected chi connectivity index (χ2v) is 7.30. The topological polar surface area (TPSA) is 59.8 Å². The molecule has 0 aliphatic heterocycles. The fraction of sp³-hybridized carbons (Fsp3) is 0.353. The zero-order valence-electron chi connectivity index (χ0n) is 13.8. The average Bonchev–Trinajstić information content (AvgIpc) is 3.09. The van der Waals surface area contributed by atoms with Crippen molar-refractivity contribution in [2.75, 3.05) is 0 Å². The van der Waals surface area contributed by atoms with Crippen LogP contribution in [-0.2, 0) is 6.54 Å². The molecular weight excluding hydrogens is 308 g/mol. The molecule has 0 atom stereocenters. The van der Waals surface area contributed by atoms with Crippen molar-refractivity contribution in [2.45, 2.75) is 40.3 Å². The van der Waals surface area contributed by atoms with Gasteiger partial charge in [-0.1, -0.05) is 0 Å². The molecule has 0 saturated carbocycles. The lowest BCUT2D eigenvalue weighted by Gasteiger charge is -2.09. The van der Waals surface area contributed by atoms with Crippen LogP contribution in [0.1, 0.15) is 45.7 Å². The number of aryl methyl sites for hydroxylation is 2. The van der Waals surface area contributed by atoms with Gasteiger partial charge in [-0.3, -0.25) is 4.79 Å². The predicted octanol–water partition coefficient (Wildman–Crippen LogP) is 3.62. The van der Waals surface area contributed by atoms with Crippen LogP contribution in [-0.4, -0.2) is 20.7 Å².